The molecule has 4 nitrogen and oxygen atoms in total. The molecule has 0 amide bonds. The molecule has 134 valence electrons. The van der Waals surface area contributed by atoms with Gasteiger partial charge in [0.1, 0.15) is 0 Å². The fraction of sp³-hybridized carbons (Fsp3) is 0.950. The first-order valence-corrected chi connectivity index (χ1v) is 9.85. The van der Waals surface area contributed by atoms with E-state index in [1.54, 1.807) is 0 Å². The summed E-state index contributed by atoms with van der Waals surface area (Å²) in [5.41, 5.74) is 0.353. The smallest absolute Gasteiger partial charge is 0.311 e. The van der Waals surface area contributed by atoms with Crippen LogP contribution in [0.15, 0.2) is 0 Å². The van der Waals surface area contributed by atoms with E-state index in [2.05, 4.69) is 20.8 Å². The molecule has 8 atom stereocenters. The molecule has 1 unspecified atom stereocenters. The summed E-state index contributed by atoms with van der Waals surface area (Å²) in [7, 11) is 0. The van der Waals surface area contributed by atoms with Crippen molar-refractivity contribution >= 4 is 5.97 Å². The van der Waals surface area contributed by atoms with E-state index in [1.807, 2.05) is 0 Å². The molecular weight excluding hydrogens is 304 g/mol. The van der Waals surface area contributed by atoms with E-state index in [-0.39, 0.29) is 28.6 Å². The second kappa shape index (κ2) is 4.56. The van der Waals surface area contributed by atoms with E-state index in [0.717, 1.165) is 25.7 Å². The lowest BCUT2D eigenvalue weighted by atomic mass is 9.38. The van der Waals surface area contributed by atoms with Crippen molar-refractivity contribution in [2.24, 2.45) is 39.9 Å². The molecule has 1 spiro atoms. The van der Waals surface area contributed by atoms with Crippen molar-refractivity contribution in [2.75, 3.05) is 0 Å². The van der Waals surface area contributed by atoms with Crippen LogP contribution in [0.3, 0.4) is 0 Å². The van der Waals surface area contributed by atoms with Gasteiger partial charge in [-0.15, -0.1) is 0 Å². The zero-order valence-electron chi connectivity index (χ0n) is 15.1. The number of hydrogen-bond donors (Lipinski definition) is 1. The Morgan fingerprint density at radius 2 is 1.83 bits per heavy atom. The Kier molecular flexibility index (Phi) is 2.97. The normalized spacial score (nSPS) is 57.8. The molecule has 5 rings (SSSR count). The molecule has 5 aliphatic rings. The maximum atomic E-state index is 12.3. The molecule has 4 heteroatoms. The predicted octanol–water partition coefficient (Wildman–Crippen LogP) is 3.47. The average Bonchev–Trinajstić information content (AvgIpc) is 2.96. The van der Waals surface area contributed by atoms with Gasteiger partial charge in [0, 0.05) is 11.3 Å². The van der Waals surface area contributed by atoms with Crippen molar-refractivity contribution in [3.63, 3.8) is 0 Å². The van der Waals surface area contributed by atoms with Crippen LogP contribution in [0.5, 0.6) is 0 Å². The Balaban J connectivity index is 1.61. The molecule has 0 aromatic carbocycles. The Labute approximate surface area is 144 Å². The second-order valence-electron chi connectivity index (χ2n) is 10.1. The van der Waals surface area contributed by atoms with Gasteiger partial charge in [0.05, 0.1) is 5.92 Å². The standard InChI is InChI=1S/C20H30O4/c1-18(2)8-4-9-19(3)12(18)7-10-20-13(19)6-5-11-14(20)16(23-15(11)21)24-17(20)22/h11-14,16-17,22H,4-10H2,1-3H3/t11-,12+,13-,14+,16+,17?,19+,20+/m1/s1. The third-order valence-electron chi connectivity index (χ3n) is 8.96. The molecule has 1 N–H and O–H groups in total. The third-order valence-corrected chi connectivity index (χ3v) is 8.96. The Hall–Kier alpha value is -0.610. The number of carbonyl (C=O) groups excluding carboxylic acids is 1. The van der Waals surface area contributed by atoms with Crippen LogP contribution < -0.4 is 0 Å². The van der Waals surface area contributed by atoms with Gasteiger partial charge in [-0.25, -0.2) is 0 Å². The van der Waals surface area contributed by atoms with Gasteiger partial charge in [0.25, 0.3) is 0 Å². The summed E-state index contributed by atoms with van der Waals surface area (Å²) in [5, 5.41) is 10.9. The minimum absolute atomic E-state index is 0.0554. The van der Waals surface area contributed by atoms with Crippen LogP contribution in [-0.2, 0) is 14.3 Å². The first-order valence-electron chi connectivity index (χ1n) is 9.85. The lowest BCUT2D eigenvalue weighted by molar-refractivity contribution is -0.241. The van der Waals surface area contributed by atoms with Gasteiger partial charge in [-0.05, 0) is 61.2 Å². The van der Waals surface area contributed by atoms with Crippen LogP contribution in [0.2, 0.25) is 0 Å². The van der Waals surface area contributed by atoms with Crippen LogP contribution >= 0.6 is 0 Å². The zero-order chi connectivity index (χ0) is 16.9. The monoisotopic (exact) mass is 334 g/mol. The number of hydrogen-bond acceptors (Lipinski definition) is 4. The molecule has 2 heterocycles. The number of aliphatic hydroxyl groups excluding tert-OH is 1. The lowest BCUT2D eigenvalue weighted by Gasteiger charge is -2.65. The quantitative estimate of drug-likeness (QED) is 0.689. The molecule has 0 radical (unpaired) electrons. The van der Waals surface area contributed by atoms with Gasteiger partial charge in [0.15, 0.2) is 6.29 Å². The molecule has 2 saturated heterocycles. The second-order valence-corrected chi connectivity index (χ2v) is 10.1. The van der Waals surface area contributed by atoms with Crippen LogP contribution in [0.1, 0.15) is 65.7 Å². The van der Waals surface area contributed by atoms with E-state index < -0.39 is 12.6 Å². The highest BCUT2D eigenvalue weighted by molar-refractivity contribution is 5.75. The molecule has 3 aliphatic carbocycles. The SMILES string of the molecule is CC1(C)CCC[C@]2(C)[C@H]3CC[C@H]4C(=O)O[C@H]5OC(O)[C@]3(CC[C@@H]12)[C@H]54. The summed E-state index contributed by atoms with van der Waals surface area (Å²) < 4.78 is 11.3. The van der Waals surface area contributed by atoms with E-state index >= 15 is 0 Å². The van der Waals surface area contributed by atoms with Gasteiger partial charge in [-0.1, -0.05) is 27.2 Å². The van der Waals surface area contributed by atoms with Gasteiger partial charge < -0.3 is 14.6 Å². The lowest BCUT2D eigenvalue weighted by Crippen LogP contribution is -2.62. The topological polar surface area (TPSA) is 55.8 Å². The maximum Gasteiger partial charge on any atom is 0.311 e. The summed E-state index contributed by atoms with van der Waals surface area (Å²) in [6.07, 6.45) is 6.63. The number of esters is 1. The number of carbonyl (C=O) groups is 1. The van der Waals surface area contributed by atoms with Crippen molar-refractivity contribution in [3.8, 4) is 0 Å². The highest BCUT2D eigenvalue weighted by atomic mass is 16.8. The van der Waals surface area contributed by atoms with E-state index in [0.29, 0.717) is 17.3 Å². The third kappa shape index (κ3) is 1.61. The molecule has 24 heavy (non-hydrogen) atoms. The van der Waals surface area contributed by atoms with Gasteiger partial charge in [0.2, 0.25) is 6.29 Å². The molecule has 0 aromatic heterocycles. The fourth-order valence-corrected chi connectivity index (χ4v) is 8.19. The Bertz CT molecular complexity index is 586. The predicted molar refractivity (Wildman–Crippen MR) is 87.6 cm³/mol. The first-order chi connectivity index (χ1) is 11.3. The van der Waals surface area contributed by atoms with Crippen molar-refractivity contribution in [2.45, 2.75) is 78.3 Å². The van der Waals surface area contributed by atoms with Crippen molar-refractivity contribution in [1.82, 2.24) is 0 Å². The van der Waals surface area contributed by atoms with E-state index in [1.165, 1.54) is 19.3 Å². The highest BCUT2D eigenvalue weighted by Gasteiger charge is 2.74. The minimum atomic E-state index is -0.767. The highest BCUT2D eigenvalue weighted by Crippen LogP contribution is 2.73. The molecule has 0 aromatic rings. The summed E-state index contributed by atoms with van der Waals surface area (Å²) >= 11 is 0. The number of aliphatic hydroxyl groups is 1. The summed E-state index contributed by atoms with van der Waals surface area (Å²) in [6, 6.07) is 0. The van der Waals surface area contributed by atoms with Gasteiger partial charge in [-0.3, -0.25) is 4.79 Å². The Morgan fingerprint density at radius 3 is 2.62 bits per heavy atom. The van der Waals surface area contributed by atoms with Crippen LogP contribution in [0, 0.1) is 39.9 Å². The summed E-state index contributed by atoms with van der Waals surface area (Å²) in [5.74, 6) is 1.07. The van der Waals surface area contributed by atoms with Gasteiger partial charge in [-0.2, -0.15) is 0 Å². The van der Waals surface area contributed by atoms with Crippen molar-refractivity contribution in [1.29, 1.82) is 0 Å². The number of fused-ring (bicyclic) bond motifs is 2. The minimum Gasteiger partial charge on any atom is -0.435 e. The molecular formula is C20H30O4. The van der Waals surface area contributed by atoms with Crippen molar-refractivity contribution < 1.29 is 19.4 Å². The largest absolute Gasteiger partial charge is 0.435 e. The van der Waals surface area contributed by atoms with Crippen LogP contribution in [0.4, 0.5) is 0 Å². The molecule has 2 aliphatic heterocycles. The van der Waals surface area contributed by atoms with E-state index in [9.17, 15) is 9.90 Å². The van der Waals surface area contributed by atoms with Crippen LogP contribution in [0.25, 0.3) is 0 Å². The molecule has 3 saturated carbocycles. The maximum absolute atomic E-state index is 12.3. The average molecular weight is 334 g/mol. The zero-order valence-corrected chi connectivity index (χ0v) is 15.1. The van der Waals surface area contributed by atoms with Gasteiger partial charge >= 0.3 is 5.97 Å². The van der Waals surface area contributed by atoms with E-state index in [4.69, 9.17) is 9.47 Å². The molecule has 5 fully saturated rings. The molecule has 0 bridgehead atoms. The fourth-order valence-electron chi connectivity index (χ4n) is 8.19. The van der Waals surface area contributed by atoms with Crippen molar-refractivity contribution in [3.05, 3.63) is 0 Å². The van der Waals surface area contributed by atoms with Crippen LogP contribution in [-0.4, -0.2) is 23.7 Å². The number of ether oxygens (including phenoxy) is 2. The summed E-state index contributed by atoms with van der Waals surface area (Å²) in [6.45, 7) is 7.35. The Morgan fingerprint density at radius 1 is 1.04 bits per heavy atom. The first kappa shape index (κ1) is 15.6. The number of rotatable bonds is 0. The summed E-state index contributed by atoms with van der Waals surface area (Å²) in [4.78, 5) is 12.3.